The van der Waals surface area contributed by atoms with E-state index in [1.165, 1.54) is 12.1 Å². The highest BCUT2D eigenvalue weighted by Crippen LogP contribution is 2.12. The molecule has 1 aliphatic rings. The molecule has 0 spiro atoms. The summed E-state index contributed by atoms with van der Waals surface area (Å²) in [6.45, 7) is 6.14. The molecule has 1 saturated heterocycles. The van der Waals surface area contributed by atoms with Gasteiger partial charge in [-0.05, 0) is 37.6 Å². The van der Waals surface area contributed by atoms with Gasteiger partial charge in [0.25, 0.3) is 0 Å². The van der Waals surface area contributed by atoms with E-state index in [-0.39, 0.29) is 18.0 Å². The summed E-state index contributed by atoms with van der Waals surface area (Å²) in [5.74, 6) is 0.467. The molecule has 0 aromatic heterocycles. The smallest absolute Gasteiger partial charge is 0.123 e. The summed E-state index contributed by atoms with van der Waals surface area (Å²) in [6.07, 6.45) is 1.06. The number of nitrogens with zero attached hydrogens (tertiary/aromatic N) is 1. The summed E-state index contributed by atoms with van der Waals surface area (Å²) in [4.78, 5) is 2.35. The molecule has 1 aliphatic heterocycles. The zero-order valence-corrected chi connectivity index (χ0v) is 11.9. The molecule has 1 aromatic rings. The maximum absolute atomic E-state index is 12.7. The molecule has 0 radical (unpaired) electrons. The van der Waals surface area contributed by atoms with Crippen LogP contribution in [0.5, 0.6) is 5.75 Å². The summed E-state index contributed by atoms with van der Waals surface area (Å²) < 4.78 is 23.9. The lowest BCUT2D eigenvalue weighted by Gasteiger charge is -2.34. The Hall–Kier alpha value is -1.17. The van der Waals surface area contributed by atoms with Crippen molar-refractivity contribution in [1.29, 1.82) is 0 Å². The quantitative estimate of drug-likeness (QED) is 0.806. The van der Waals surface area contributed by atoms with Crippen molar-refractivity contribution in [2.45, 2.75) is 25.5 Å². The highest BCUT2D eigenvalue weighted by molar-refractivity contribution is 5.21. The van der Waals surface area contributed by atoms with E-state index >= 15 is 0 Å². The molecule has 5 heteroatoms. The molecule has 0 saturated carbocycles. The molecular weight excluding hydrogens is 259 g/mol. The first kappa shape index (κ1) is 15.2. The first-order chi connectivity index (χ1) is 9.65. The van der Waals surface area contributed by atoms with Crippen molar-refractivity contribution in [1.82, 2.24) is 4.90 Å². The Morgan fingerprint density at radius 3 is 2.90 bits per heavy atom. The first-order valence-corrected chi connectivity index (χ1v) is 7.13. The normalized spacial score (nSPS) is 21.6. The molecule has 0 aliphatic carbocycles. The van der Waals surface area contributed by atoms with Crippen LogP contribution in [0.4, 0.5) is 4.39 Å². The summed E-state index contributed by atoms with van der Waals surface area (Å²) in [5, 5.41) is 0. The molecule has 112 valence electrons. The van der Waals surface area contributed by atoms with Crippen molar-refractivity contribution in [2.75, 3.05) is 32.8 Å². The Bertz CT molecular complexity index is 397. The van der Waals surface area contributed by atoms with Gasteiger partial charge in [0.1, 0.15) is 11.6 Å². The lowest BCUT2D eigenvalue weighted by atomic mass is 10.1. The lowest BCUT2D eigenvalue weighted by Crippen LogP contribution is -2.49. The summed E-state index contributed by atoms with van der Waals surface area (Å²) in [7, 11) is 0. The third-order valence-corrected chi connectivity index (χ3v) is 3.47. The number of ether oxygens (including phenoxy) is 2. The Morgan fingerprint density at radius 2 is 2.20 bits per heavy atom. The van der Waals surface area contributed by atoms with E-state index in [9.17, 15) is 4.39 Å². The van der Waals surface area contributed by atoms with Crippen LogP contribution in [0.1, 0.15) is 13.3 Å². The predicted octanol–water partition coefficient (Wildman–Crippen LogP) is 1.64. The number of hydrogen-bond donors (Lipinski definition) is 1. The van der Waals surface area contributed by atoms with Gasteiger partial charge in [0, 0.05) is 25.7 Å². The molecule has 0 amide bonds. The Kier molecular flexibility index (Phi) is 5.76. The van der Waals surface area contributed by atoms with Gasteiger partial charge in [-0.2, -0.15) is 0 Å². The number of benzene rings is 1. The van der Waals surface area contributed by atoms with E-state index in [1.54, 1.807) is 12.1 Å². The van der Waals surface area contributed by atoms with Crippen molar-refractivity contribution >= 4 is 0 Å². The van der Waals surface area contributed by atoms with E-state index in [1.807, 2.05) is 6.92 Å². The Balaban J connectivity index is 1.64. The van der Waals surface area contributed by atoms with Crippen LogP contribution >= 0.6 is 0 Å². The number of hydrogen-bond acceptors (Lipinski definition) is 4. The van der Waals surface area contributed by atoms with Gasteiger partial charge < -0.3 is 15.2 Å². The van der Waals surface area contributed by atoms with E-state index in [0.717, 1.165) is 32.7 Å². The zero-order chi connectivity index (χ0) is 14.4. The van der Waals surface area contributed by atoms with E-state index in [0.29, 0.717) is 12.4 Å². The Labute approximate surface area is 119 Å². The van der Waals surface area contributed by atoms with Crippen LogP contribution in [0.2, 0.25) is 0 Å². The maximum Gasteiger partial charge on any atom is 0.123 e. The van der Waals surface area contributed by atoms with Crippen LogP contribution in [0.3, 0.4) is 0 Å². The van der Waals surface area contributed by atoms with Crippen molar-refractivity contribution < 1.29 is 13.9 Å². The fourth-order valence-corrected chi connectivity index (χ4v) is 2.26. The standard InChI is InChI=1S/C15H23FN2O2/c1-12(17)15-11-18(8-10-20-15)7-2-9-19-14-5-3-13(16)4-6-14/h3-6,12,15H,2,7-11,17H2,1H3. The molecule has 0 bridgehead atoms. The SMILES string of the molecule is CC(N)C1CN(CCCOc2ccc(F)cc2)CCO1. The highest BCUT2D eigenvalue weighted by Gasteiger charge is 2.22. The molecule has 2 N–H and O–H groups in total. The van der Waals surface area contributed by atoms with Crippen molar-refractivity contribution in [3.63, 3.8) is 0 Å². The van der Waals surface area contributed by atoms with E-state index in [2.05, 4.69) is 4.90 Å². The molecule has 1 aromatic carbocycles. The van der Waals surface area contributed by atoms with Crippen molar-refractivity contribution in [3.05, 3.63) is 30.1 Å². The van der Waals surface area contributed by atoms with Gasteiger partial charge in [-0.25, -0.2) is 4.39 Å². The minimum atomic E-state index is -0.243. The molecule has 1 heterocycles. The molecular formula is C15H23FN2O2. The first-order valence-electron chi connectivity index (χ1n) is 7.13. The predicted molar refractivity (Wildman–Crippen MR) is 76.3 cm³/mol. The van der Waals surface area contributed by atoms with Gasteiger partial charge in [0.15, 0.2) is 0 Å². The second-order valence-corrected chi connectivity index (χ2v) is 5.22. The molecule has 2 rings (SSSR count). The summed E-state index contributed by atoms with van der Waals surface area (Å²) in [6, 6.07) is 6.18. The molecule has 1 fully saturated rings. The van der Waals surface area contributed by atoms with Gasteiger partial charge in [-0.1, -0.05) is 0 Å². The van der Waals surface area contributed by atoms with E-state index < -0.39 is 0 Å². The lowest BCUT2D eigenvalue weighted by molar-refractivity contribution is -0.0385. The van der Waals surface area contributed by atoms with Gasteiger partial charge in [0.2, 0.25) is 0 Å². The number of halogens is 1. The minimum absolute atomic E-state index is 0.0632. The minimum Gasteiger partial charge on any atom is -0.494 e. The summed E-state index contributed by atoms with van der Waals surface area (Å²) >= 11 is 0. The average Bonchev–Trinajstić information content (AvgIpc) is 2.46. The van der Waals surface area contributed by atoms with Crippen LogP contribution in [-0.4, -0.2) is 49.9 Å². The molecule has 4 nitrogen and oxygen atoms in total. The number of nitrogens with two attached hydrogens (primary N) is 1. The molecule has 2 unspecified atom stereocenters. The van der Waals surface area contributed by atoms with Crippen LogP contribution < -0.4 is 10.5 Å². The van der Waals surface area contributed by atoms with Crippen LogP contribution in [0.25, 0.3) is 0 Å². The fraction of sp³-hybridized carbons (Fsp3) is 0.600. The van der Waals surface area contributed by atoms with Gasteiger partial charge in [0.05, 0.1) is 19.3 Å². The van der Waals surface area contributed by atoms with E-state index in [4.69, 9.17) is 15.2 Å². The zero-order valence-electron chi connectivity index (χ0n) is 11.9. The second-order valence-electron chi connectivity index (χ2n) is 5.22. The van der Waals surface area contributed by atoms with Crippen LogP contribution in [-0.2, 0) is 4.74 Å². The van der Waals surface area contributed by atoms with Gasteiger partial charge in [-0.3, -0.25) is 4.90 Å². The van der Waals surface area contributed by atoms with Crippen molar-refractivity contribution in [2.24, 2.45) is 5.73 Å². The number of rotatable bonds is 6. The van der Waals surface area contributed by atoms with Crippen molar-refractivity contribution in [3.8, 4) is 5.75 Å². The summed E-state index contributed by atoms with van der Waals surface area (Å²) in [5.41, 5.74) is 5.87. The van der Waals surface area contributed by atoms with Crippen LogP contribution in [0, 0.1) is 5.82 Å². The topological polar surface area (TPSA) is 47.7 Å². The number of morpholine rings is 1. The largest absolute Gasteiger partial charge is 0.494 e. The monoisotopic (exact) mass is 282 g/mol. The van der Waals surface area contributed by atoms with Gasteiger partial charge >= 0.3 is 0 Å². The third-order valence-electron chi connectivity index (χ3n) is 3.47. The second kappa shape index (κ2) is 7.57. The Morgan fingerprint density at radius 1 is 1.45 bits per heavy atom. The molecule has 2 atom stereocenters. The fourth-order valence-electron chi connectivity index (χ4n) is 2.26. The maximum atomic E-state index is 12.7. The third kappa shape index (κ3) is 4.74. The molecule has 20 heavy (non-hydrogen) atoms. The highest BCUT2D eigenvalue weighted by atomic mass is 19.1. The average molecular weight is 282 g/mol. The van der Waals surface area contributed by atoms with Crippen LogP contribution in [0.15, 0.2) is 24.3 Å². The van der Waals surface area contributed by atoms with Gasteiger partial charge in [-0.15, -0.1) is 0 Å².